The fourth-order valence-corrected chi connectivity index (χ4v) is 3.53. The molecular weight excluding hydrogens is 309 g/mol. The van der Waals surface area contributed by atoms with Crippen molar-refractivity contribution in [2.24, 2.45) is 7.05 Å². The summed E-state index contributed by atoms with van der Waals surface area (Å²) in [6.45, 7) is 2.23. The molecule has 0 radical (unpaired) electrons. The van der Waals surface area contributed by atoms with Gasteiger partial charge < -0.3 is 4.74 Å². The molecule has 22 heavy (non-hydrogen) atoms. The van der Waals surface area contributed by atoms with E-state index in [1.54, 1.807) is 31.0 Å². The third-order valence-electron chi connectivity index (χ3n) is 3.23. The van der Waals surface area contributed by atoms with Crippen LogP contribution in [0.1, 0.15) is 12.5 Å². The number of methoxy groups -OCH3 is 1. The molecule has 0 bridgehead atoms. The molecule has 0 aliphatic carbocycles. The highest BCUT2D eigenvalue weighted by atomic mass is 32.2. The summed E-state index contributed by atoms with van der Waals surface area (Å²) >= 11 is 0. The zero-order valence-corrected chi connectivity index (χ0v) is 13.5. The number of rotatable bonds is 6. The number of halogens is 1. The van der Waals surface area contributed by atoms with E-state index < -0.39 is 15.8 Å². The number of hydrogen-bond donors (Lipinski definition) is 0. The Balaban J connectivity index is 2.34. The summed E-state index contributed by atoms with van der Waals surface area (Å²) in [6, 6.07) is 3.51. The lowest BCUT2D eigenvalue weighted by Crippen LogP contribution is -2.30. The van der Waals surface area contributed by atoms with Crippen LogP contribution in [0.2, 0.25) is 0 Å². The van der Waals surface area contributed by atoms with E-state index >= 15 is 0 Å². The summed E-state index contributed by atoms with van der Waals surface area (Å²) in [7, 11) is -0.683. The van der Waals surface area contributed by atoms with E-state index in [0.717, 1.165) is 11.6 Å². The van der Waals surface area contributed by atoms with Gasteiger partial charge in [0.2, 0.25) is 10.0 Å². The molecule has 0 saturated carbocycles. The van der Waals surface area contributed by atoms with Crippen LogP contribution in [0.3, 0.4) is 0 Å². The number of ether oxygens (including phenoxy) is 1. The monoisotopic (exact) mass is 327 g/mol. The highest BCUT2D eigenvalue weighted by molar-refractivity contribution is 7.89. The average molecular weight is 327 g/mol. The molecule has 0 atom stereocenters. The first-order valence-electron chi connectivity index (χ1n) is 6.69. The molecule has 0 aliphatic heterocycles. The topological polar surface area (TPSA) is 64.4 Å². The van der Waals surface area contributed by atoms with E-state index in [9.17, 15) is 12.8 Å². The van der Waals surface area contributed by atoms with Crippen LogP contribution in [-0.2, 0) is 23.6 Å². The lowest BCUT2D eigenvalue weighted by molar-refractivity contribution is 0.383. The highest BCUT2D eigenvalue weighted by Gasteiger charge is 2.25. The number of benzene rings is 1. The zero-order chi connectivity index (χ0) is 16.3. The van der Waals surface area contributed by atoms with Gasteiger partial charge in [-0.15, -0.1) is 0 Å². The quantitative estimate of drug-likeness (QED) is 0.811. The first-order chi connectivity index (χ1) is 10.4. The van der Waals surface area contributed by atoms with Crippen molar-refractivity contribution in [2.45, 2.75) is 18.4 Å². The molecule has 1 heterocycles. The molecule has 6 nitrogen and oxygen atoms in total. The van der Waals surface area contributed by atoms with Gasteiger partial charge in [0, 0.05) is 38.0 Å². The molecule has 120 valence electrons. The van der Waals surface area contributed by atoms with Gasteiger partial charge in [0.05, 0.1) is 18.2 Å². The molecule has 0 spiro atoms. The number of aryl methyl sites for hydroxylation is 1. The summed E-state index contributed by atoms with van der Waals surface area (Å²) < 4.78 is 46.6. The van der Waals surface area contributed by atoms with Crippen LogP contribution in [0.25, 0.3) is 0 Å². The number of hydrogen-bond acceptors (Lipinski definition) is 4. The van der Waals surface area contributed by atoms with Crippen LogP contribution in [0.5, 0.6) is 5.75 Å². The van der Waals surface area contributed by atoms with Crippen molar-refractivity contribution in [3.05, 3.63) is 42.0 Å². The van der Waals surface area contributed by atoms with Crippen LogP contribution >= 0.6 is 0 Å². The normalized spacial score (nSPS) is 11.9. The third-order valence-corrected chi connectivity index (χ3v) is 5.15. The van der Waals surface area contributed by atoms with E-state index in [1.807, 2.05) is 0 Å². The van der Waals surface area contributed by atoms with Gasteiger partial charge in [0.15, 0.2) is 11.6 Å². The third kappa shape index (κ3) is 3.28. The lowest BCUT2D eigenvalue weighted by Gasteiger charge is -2.20. The molecule has 1 aromatic carbocycles. The summed E-state index contributed by atoms with van der Waals surface area (Å²) in [6.07, 6.45) is 3.37. The first-order valence-corrected chi connectivity index (χ1v) is 8.13. The van der Waals surface area contributed by atoms with E-state index in [4.69, 9.17) is 4.74 Å². The molecular formula is C14H18FN3O3S. The molecule has 1 aromatic heterocycles. The maximum absolute atomic E-state index is 13.4. The molecule has 2 rings (SSSR count). The zero-order valence-electron chi connectivity index (χ0n) is 12.7. The van der Waals surface area contributed by atoms with Crippen LogP contribution in [0, 0.1) is 5.82 Å². The predicted octanol–water partition coefficient (Wildman–Crippen LogP) is 1.78. The number of nitrogens with zero attached hydrogens (tertiary/aromatic N) is 3. The van der Waals surface area contributed by atoms with Gasteiger partial charge in [-0.3, -0.25) is 4.68 Å². The molecule has 0 aliphatic rings. The smallest absolute Gasteiger partial charge is 0.243 e. The van der Waals surface area contributed by atoms with E-state index in [2.05, 4.69) is 5.10 Å². The van der Waals surface area contributed by atoms with Crippen molar-refractivity contribution in [3.8, 4) is 5.75 Å². The number of aromatic nitrogens is 2. The van der Waals surface area contributed by atoms with Crippen molar-refractivity contribution < 1.29 is 17.5 Å². The fraction of sp³-hybridized carbons (Fsp3) is 0.357. The van der Waals surface area contributed by atoms with E-state index in [1.165, 1.54) is 23.5 Å². The minimum Gasteiger partial charge on any atom is -0.494 e. The average Bonchev–Trinajstić information content (AvgIpc) is 2.90. The lowest BCUT2D eigenvalue weighted by atomic mass is 10.3. The Bertz CT molecular complexity index is 758. The van der Waals surface area contributed by atoms with Gasteiger partial charge in [-0.1, -0.05) is 6.92 Å². The second kappa shape index (κ2) is 6.45. The molecule has 0 saturated heterocycles. The van der Waals surface area contributed by atoms with E-state index in [-0.39, 0.29) is 23.7 Å². The van der Waals surface area contributed by atoms with Crippen molar-refractivity contribution >= 4 is 10.0 Å². The van der Waals surface area contributed by atoms with Crippen molar-refractivity contribution in [1.29, 1.82) is 0 Å². The molecule has 0 amide bonds. The Hall–Kier alpha value is -1.93. The predicted molar refractivity (Wildman–Crippen MR) is 79.4 cm³/mol. The Morgan fingerprint density at radius 3 is 2.68 bits per heavy atom. The summed E-state index contributed by atoms with van der Waals surface area (Å²) in [5.74, 6) is -0.699. The van der Waals surface area contributed by atoms with Crippen molar-refractivity contribution in [1.82, 2.24) is 14.1 Å². The second-order valence-corrected chi connectivity index (χ2v) is 6.69. The minimum atomic E-state index is -3.74. The van der Waals surface area contributed by atoms with Gasteiger partial charge in [-0.05, 0) is 12.1 Å². The largest absolute Gasteiger partial charge is 0.494 e. The van der Waals surface area contributed by atoms with Crippen molar-refractivity contribution in [3.63, 3.8) is 0 Å². The minimum absolute atomic E-state index is 0.00325. The number of sulfonamides is 1. The van der Waals surface area contributed by atoms with Gasteiger partial charge in [-0.25, -0.2) is 12.8 Å². The Kier molecular flexibility index (Phi) is 4.82. The summed E-state index contributed by atoms with van der Waals surface area (Å²) in [5, 5.41) is 4.02. The van der Waals surface area contributed by atoms with Gasteiger partial charge >= 0.3 is 0 Å². The van der Waals surface area contributed by atoms with Crippen LogP contribution in [0.15, 0.2) is 35.5 Å². The maximum atomic E-state index is 13.4. The Morgan fingerprint density at radius 1 is 1.41 bits per heavy atom. The molecule has 0 unspecified atom stereocenters. The highest BCUT2D eigenvalue weighted by Crippen LogP contribution is 2.24. The van der Waals surface area contributed by atoms with E-state index in [0.29, 0.717) is 0 Å². The van der Waals surface area contributed by atoms with Gasteiger partial charge in [0.1, 0.15) is 0 Å². The molecule has 0 fully saturated rings. The van der Waals surface area contributed by atoms with Crippen LogP contribution < -0.4 is 4.74 Å². The summed E-state index contributed by atoms with van der Waals surface area (Å²) in [4.78, 5) is -0.00325. The van der Waals surface area contributed by atoms with Gasteiger partial charge in [0.25, 0.3) is 0 Å². The fourth-order valence-electron chi connectivity index (χ4n) is 2.07. The maximum Gasteiger partial charge on any atom is 0.243 e. The molecule has 2 aromatic rings. The SMILES string of the molecule is CCN(Cc1cnn(C)c1)S(=O)(=O)c1ccc(F)c(OC)c1. The molecule has 8 heteroatoms. The van der Waals surface area contributed by atoms with Crippen molar-refractivity contribution in [2.75, 3.05) is 13.7 Å². The standard InChI is InChI=1S/C14H18FN3O3S/c1-4-18(10-11-8-16-17(2)9-11)22(19,20)12-5-6-13(15)14(7-12)21-3/h5-9H,4,10H2,1-3H3. The van der Waals surface area contributed by atoms with Crippen LogP contribution in [-0.4, -0.2) is 36.2 Å². The summed E-state index contributed by atoms with van der Waals surface area (Å²) in [5.41, 5.74) is 0.780. The van der Waals surface area contributed by atoms with Crippen LogP contribution in [0.4, 0.5) is 4.39 Å². The van der Waals surface area contributed by atoms with Gasteiger partial charge in [-0.2, -0.15) is 9.40 Å². The Morgan fingerprint density at radius 2 is 2.14 bits per heavy atom. The first kappa shape index (κ1) is 16.4. The molecule has 0 N–H and O–H groups in total. The Labute approximate surface area is 129 Å². The second-order valence-electron chi connectivity index (χ2n) is 4.75.